The van der Waals surface area contributed by atoms with Crippen LogP contribution in [0, 0.1) is 0 Å². The van der Waals surface area contributed by atoms with E-state index in [0.717, 1.165) is 4.31 Å². The van der Waals surface area contributed by atoms with E-state index in [1.165, 1.54) is 24.1 Å². The van der Waals surface area contributed by atoms with E-state index < -0.39 is 10.0 Å². The van der Waals surface area contributed by atoms with Crippen LogP contribution in [0.4, 0.5) is 5.69 Å². The van der Waals surface area contributed by atoms with Crippen molar-refractivity contribution in [2.75, 3.05) is 31.6 Å². The van der Waals surface area contributed by atoms with E-state index in [9.17, 15) is 13.2 Å². The first-order valence-electron chi connectivity index (χ1n) is 7.63. The molecule has 1 heterocycles. The molecule has 0 bridgehead atoms. The van der Waals surface area contributed by atoms with E-state index in [-0.39, 0.29) is 35.5 Å². The Morgan fingerprint density at radius 2 is 1.72 bits per heavy atom. The fourth-order valence-corrected chi connectivity index (χ4v) is 4.63. The number of hydrogen-bond donors (Lipinski definition) is 0. The average molecular weight is 381 g/mol. The predicted octanol–water partition coefficient (Wildman–Crippen LogP) is 2.39. The van der Waals surface area contributed by atoms with E-state index in [1.54, 1.807) is 30.3 Å². The van der Waals surface area contributed by atoms with Crippen molar-refractivity contribution in [1.29, 1.82) is 0 Å². The lowest BCUT2D eigenvalue weighted by atomic mass is 10.2. The molecule has 0 saturated carbocycles. The number of rotatable bonds is 4. The van der Waals surface area contributed by atoms with Gasteiger partial charge in [-0.15, -0.1) is 0 Å². The second-order valence-electron chi connectivity index (χ2n) is 5.49. The van der Waals surface area contributed by atoms with Crippen LogP contribution in [0.3, 0.4) is 0 Å². The van der Waals surface area contributed by atoms with Crippen molar-refractivity contribution in [3.05, 3.63) is 53.6 Å². The summed E-state index contributed by atoms with van der Waals surface area (Å²) in [5.74, 6) is 0.254. The van der Waals surface area contributed by atoms with Crippen LogP contribution >= 0.6 is 11.6 Å². The first-order chi connectivity index (χ1) is 11.9. The highest BCUT2D eigenvalue weighted by atomic mass is 35.5. The highest BCUT2D eigenvalue weighted by Crippen LogP contribution is 2.30. The molecule has 0 aromatic heterocycles. The van der Waals surface area contributed by atoms with Crippen LogP contribution in [0.15, 0.2) is 53.4 Å². The Hall–Kier alpha value is -2.09. The SMILES string of the molecule is COc1ccccc1N1CCN(S(=O)(=O)c2ccccc2Cl)CC1=O. The van der Waals surface area contributed by atoms with Crippen molar-refractivity contribution in [1.82, 2.24) is 4.31 Å². The molecule has 8 heteroatoms. The van der Waals surface area contributed by atoms with Crippen LogP contribution in [-0.2, 0) is 14.8 Å². The van der Waals surface area contributed by atoms with Gasteiger partial charge in [0.2, 0.25) is 15.9 Å². The van der Waals surface area contributed by atoms with Crippen molar-refractivity contribution in [3.63, 3.8) is 0 Å². The fourth-order valence-electron chi connectivity index (χ4n) is 2.76. The lowest BCUT2D eigenvalue weighted by Gasteiger charge is -2.34. The fraction of sp³-hybridized carbons (Fsp3) is 0.235. The zero-order chi connectivity index (χ0) is 18.0. The summed E-state index contributed by atoms with van der Waals surface area (Å²) in [5.41, 5.74) is 0.629. The second-order valence-corrected chi connectivity index (χ2v) is 7.80. The Labute approximate surface area is 151 Å². The molecule has 25 heavy (non-hydrogen) atoms. The summed E-state index contributed by atoms with van der Waals surface area (Å²) in [6.07, 6.45) is 0. The lowest BCUT2D eigenvalue weighted by Crippen LogP contribution is -2.52. The number of carbonyl (C=O) groups is 1. The van der Waals surface area contributed by atoms with Crippen molar-refractivity contribution >= 4 is 33.2 Å². The Morgan fingerprint density at radius 1 is 1.04 bits per heavy atom. The molecule has 1 saturated heterocycles. The number of sulfonamides is 1. The molecular formula is C17H17ClN2O4S. The van der Waals surface area contributed by atoms with Crippen LogP contribution in [0.1, 0.15) is 0 Å². The monoisotopic (exact) mass is 380 g/mol. The molecule has 0 spiro atoms. The minimum absolute atomic E-state index is 0.00945. The van der Waals surface area contributed by atoms with Crippen molar-refractivity contribution < 1.29 is 17.9 Å². The minimum atomic E-state index is -3.82. The minimum Gasteiger partial charge on any atom is -0.495 e. The molecule has 2 aromatic carbocycles. The van der Waals surface area contributed by atoms with Gasteiger partial charge in [0.05, 0.1) is 24.4 Å². The molecule has 1 amide bonds. The maximum atomic E-state index is 12.8. The molecule has 2 aromatic rings. The van der Waals surface area contributed by atoms with Gasteiger partial charge in [-0.1, -0.05) is 35.9 Å². The maximum Gasteiger partial charge on any atom is 0.245 e. The number of para-hydroxylation sites is 2. The van der Waals surface area contributed by atoms with Gasteiger partial charge in [0.25, 0.3) is 0 Å². The number of methoxy groups -OCH3 is 1. The molecule has 0 N–H and O–H groups in total. The van der Waals surface area contributed by atoms with Gasteiger partial charge in [0.1, 0.15) is 10.6 Å². The molecule has 1 aliphatic rings. The summed E-state index contributed by atoms with van der Waals surface area (Å²) in [6, 6.07) is 13.4. The van der Waals surface area contributed by atoms with Crippen LogP contribution < -0.4 is 9.64 Å². The molecule has 0 unspecified atom stereocenters. The molecular weight excluding hydrogens is 364 g/mol. The quantitative estimate of drug-likeness (QED) is 0.816. The van der Waals surface area contributed by atoms with Gasteiger partial charge in [-0.2, -0.15) is 4.31 Å². The van der Waals surface area contributed by atoms with E-state index in [4.69, 9.17) is 16.3 Å². The molecule has 0 radical (unpaired) electrons. The third-order valence-electron chi connectivity index (χ3n) is 4.02. The standard InChI is InChI=1S/C17H17ClN2O4S/c1-24-15-8-4-3-7-14(15)20-11-10-19(12-17(20)21)25(22,23)16-9-5-2-6-13(16)18/h2-9H,10-12H2,1H3. The Kier molecular flexibility index (Phi) is 4.99. The van der Waals surface area contributed by atoms with Crippen molar-refractivity contribution in [2.24, 2.45) is 0 Å². The molecule has 0 aliphatic carbocycles. The van der Waals surface area contributed by atoms with Gasteiger partial charge in [-0.3, -0.25) is 4.79 Å². The zero-order valence-electron chi connectivity index (χ0n) is 13.6. The highest BCUT2D eigenvalue weighted by molar-refractivity contribution is 7.89. The molecule has 132 valence electrons. The van der Waals surface area contributed by atoms with Crippen LogP contribution in [0.2, 0.25) is 5.02 Å². The number of piperazine rings is 1. The average Bonchev–Trinajstić information content (AvgIpc) is 2.62. The summed E-state index contributed by atoms with van der Waals surface area (Å²) >= 11 is 6.01. The topological polar surface area (TPSA) is 66.9 Å². The summed E-state index contributed by atoms with van der Waals surface area (Å²) < 4.78 is 32.0. The molecule has 1 aliphatic heterocycles. The van der Waals surface area contributed by atoms with E-state index in [0.29, 0.717) is 11.4 Å². The summed E-state index contributed by atoms with van der Waals surface area (Å²) in [7, 11) is -2.30. The number of benzene rings is 2. The summed E-state index contributed by atoms with van der Waals surface area (Å²) in [6.45, 7) is 0.172. The van der Waals surface area contributed by atoms with E-state index in [2.05, 4.69) is 0 Å². The smallest absolute Gasteiger partial charge is 0.245 e. The van der Waals surface area contributed by atoms with Gasteiger partial charge in [-0.25, -0.2) is 8.42 Å². The number of hydrogen-bond acceptors (Lipinski definition) is 4. The number of anilines is 1. The Bertz CT molecular complexity index is 901. The lowest BCUT2D eigenvalue weighted by molar-refractivity contribution is -0.120. The summed E-state index contributed by atoms with van der Waals surface area (Å²) in [5, 5.41) is 0.141. The van der Waals surface area contributed by atoms with Gasteiger partial charge < -0.3 is 9.64 Å². The largest absolute Gasteiger partial charge is 0.495 e. The zero-order valence-corrected chi connectivity index (χ0v) is 15.1. The van der Waals surface area contributed by atoms with Gasteiger partial charge in [0.15, 0.2) is 0 Å². The van der Waals surface area contributed by atoms with Crippen LogP contribution in [0.25, 0.3) is 0 Å². The van der Waals surface area contributed by atoms with Gasteiger partial charge in [0, 0.05) is 13.1 Å². The first-order valence-corrected chi connectivity index (χ1v) is 9.45. The van der Waals surface area contributed by atoms with Gasteiger partial charge in [-0.05, 0) is 24.3 Å². The summed E-state index contributed by atoms with van der Waals surface area (Å²) in [4.78, 5) is 14.1. The normalized spacial score (nSPS) is 16.1. The third-order valence-corrected chi connectivity index (χ3v) is 6.36. The predicted molar refractivity (Wildman–Crippen MR) is 95.6 cm³/mol. The van der Waals surface area contributed by atoms with Crippen molar-refractivity contribution in [2.45, 2.75) is 4.90 Å². The number of halogens is 1. The maximum absolute atomic E-state index is 12.8. The number of nitrogens with zero attached hydrogens (tertiary/aromatic N) is 2. The van der Waals surface area contributed by atoms with Crippen LogP contribution in [-0.4, -0.2) is 45.4 Å². The number of carbonyl (C=O) groups excluding carboxylic acids is 1. The van der Waals surface area contributed by atoms with E-state index >= 15 is 0 Å². The Morgan fingerprint density at radius 3 is 2.40 bits per heavy atom. The van der Waals surface area contributed by atoms with E-state index in [1.807, 2.05) is 6.07 Å². The first kappa shape index (κ1) is 17.7. The van der Waals surface area contributed by atoms with Gasteiger partial charge >= 0.3 is 0 Å². The molecule has 0 atom stereocenters. The Balaban J connectivity index is 1.85. The number of amides is 1. The number of ether oxygens (including phenoxy) is 1. The molecule has 1 fully saturated rings. The second kappa shape index (κ2) is 7.03. The molecule has 6 nitrogen and oxygen atoms in total. The third kappa shape index (κ3) is 3.35. The van der Waals surface area contributed by atoms with Crippen molar-refractivity contribution in [3.8, 4) is 5.75 Å². The molecule has 3 rings (SSSR count). The van der Waals surface area contributed by atoms with Crippen LogP contribution in [0.5, 0.6) is 5.75 Å². The highest BCUT2D eigenvalue weighted by Gasteiger charge is 2.35.